The Bertz CT molecular complexity index is 3050. The van der Waals surface area contributed by atoms with E-state index in [0.29, 0.717) is 0 Å². The summed E-state index contributed by atoms with van der Waals surface area (Å²) >= 11 is 0. The van der Waals surface area contributed by atoms with Crippen molar-refractivity contribution < 1.29 is 0 Å². The predicted octanol–water partition coefficient (Wildman–Crippen LogP) is 9.40. The molecular weight excluding hydrogens is 813 g/mol. The molecule has 10 aromatic carbocycles. The van der Waals surface area contributed by atoms with E-state index < -0.39 is 21.6 Å². The first-order chi connectivity index (χ1) is 32.0. The zero-order valence-electron chi connectivity index (χ0n) is 36.7. The van der Waals surface area contributed by atoms with Gasteiger partial charge in [-0.15, -0.1) is 0 Å². The summed E-state index contributed by atoms with van der Waals surface area (Å²) in [5, 5.41) is 11.1. The Labute approximate surface area is 385 Å². The van der Waals surface area contributed by atoms with Crippen LogP contribution in [0.4, 0.5) is 0 Å². The summed E-state index contributed by atoms with van der Waals surface area (Å²) < 4.78 is 0. The number of rotatable bonds is 8. The van der Waals surface area contributed by atoms with Gasteiger partial charge in [0.25, 0.3) is 0 Å². The molecule has 0 amide bonds. The fourth-order valence-corrected chi connectivity index (χ4v) is 21.5. The van der Waals surface area contributed by atoms with E-state index in [9.17, 15) is 0 Å². The first-order valence-corrected chi connectivity index (χ1v) is 26.9. The van der Waals surface area contributed by atoms with Gasteiger partial charge in [0.1, 0.15) is 0 Å². The summed E-state index contributed by atoms with van der Waals surface area (Å²) in [7, 11) is -5.78. The molecule has 0 N–H and O–H groups in total. The lowest BCUT2D eigenvalue weighted by atomic mass is 9.70. The molecule has 65 heavy (non-hydrogen) atoms. The monoisotopic (exact) mass is 860 g/mol. The summed E-state index contributed by atoms with van der Waals surface area (Å²) in [6.07, 6.45) is 0. The number of aryl methyl sites for hydroxylation is 2. The molecule has 10 aromatic rings. The van der Waals surface area contributed by atoms with Crippen molar-refractivity contribution in [1.29, 1.82) is 0 Å². The summed E-state index contributed by atoms with van der Waals surface area (Å²) in [6, 6.07) is 98.2. The highest BCUT2D eigenvalue weighted by Crippen LogP contribution is 2.62. The van der Waals surface area contributed by atoms with Crippen molar-refractivity contribution >= 4 is 57.6 Å². The first kappa shape index (κ1) is 39.2. The largest absolute Gasteiger partial charge is 0.179 e. The van der Waals surface area contributed by atoms with Gasteiger partial charge in [-0.3, -0.25) is 0 Å². The molecule has 0 aromatic heterocycles. The van der Waals surface area contributed by atoms with Crippen LogP contribution in [-0.4, -0.2) is 16.1 Å². The maximum Gasteiger partial charge on any atom is 0.179 e. The average molecular weight is 861 g/mol. The van der Waals surface area contributed by atoms with Crippen molar-refractivity contribution in [2.45, 2.75) is 19.3 Å². The third kappa shape index (κ3) is 5.67. The van der Waals surface area contributed by atoms with Crippen molar-refractivity contribution in [3.8, 4) is 22.3 Å². The Hall–Kier alpha value is -7.37. The number of hydrogen-bond donors (Lipinski definition) is 0. The van der Waals surface area contributed by atoms with Crippen molar-refractivity contribution in [1.82, 2.24) is 0 Å². The predicted molar refractivity (Wildman–Crippen MR) is 279 cm³/mol. The Kier molecular flexibility index (Phi) is 9.31. The molecule has 12 rings (SSSR count). The van der Waals surface area contributed by atoms with E-state index in [1.165, 1.54) is 97.1 Å². The normalized spacial score (nSPS) is 13.2. The van der Waals surface area contributed by atoms with Gasteiger partial charge in [-0.2, -0.15) is 0 Å². The second kappa shape index (κ2) is 15.4. The molecule has 0 aliphatic heterocycles. The Morgan fingerprint density at radius 1 is 0.231 bits per heavy atom. The minimum Gasteiger partial charge on any atom is -0.0623 e. The van der Waals surface area contributed by atoms with E-state index in [1.807, 2.05) is 0 Å². The fraction of sp³-hybridized carbons (Fsp3) is 0.0476. The minimum absolute atomic E-state index is 0.550. The molecule has 0 nitrogen and oxygen atoms in total. The molecule has 1 spiro atoms. The maximum absolute atomic E-state index is 2.89. The van der Waals surface area contributed by atoms with Crippen LogP contribution >= 0.6 is 0 Å². The number of hydrogen-bond acceptors (Lipinski definition) is 0. The standard InChI is InChI=1S/C63H48Si2/c1-45-31-35-51(36-32-45)64(47-19-7-3-8-20-47,48-21-9-4-10-22-48)53-39-41-57-58-42-40-54(44-62(58)63(61(57)43-53)59-29-17-15-27-55(59)56-28-16-18-30-60(56)63)65(49-23-11-5-12-24-49,50-25-13-6-14-26-50)52-37-33-46(2)34-38-52/h3-44H,1-2H3. The first-order valence-electron chi connectivity index (χ1n) is 22.9. The van der Waals surface area contributed by atoms with E-state index >= 15 is 0 Å². The second-order valence-corrected chi connectivity index (χ2v) is 25.7. The van der Waals surface area contributed by atoms with Crippen molar-refractivity contribution in [2.75, 3.05) is 0 Å². The fourth-order valence-electron chi connectivity index (χ4n) is 12.0. The van der Waals surface area contributed by atoms with E-state index in [4.69, 9.17) is 0 Å². The summed E-state index contributed by atoms with van der Waals surface area (Å²) in [6.45, 7) is 4.40. The SMILES string of the molecule is Cc1ccc([Si](c2ccccc2)(c2ccccc2)c2ccc3c(c2)C2(c4ccccc4-c4ccccc42)c2cc([Si](c4ccccc4)(c4ccccc4)c4ccc(C)cc4)ccc2-3)cc1. The van der Waals surface area contributed by atoms with Crippen LogP contribution in [0.2, 0.25) is 0 Å². The highest BCUT2D eigenvalue weighted by atomic mass is 28.3. The van der Waals surface area contributed by atoms with Crippen LogP contribution in [0.5, 0.6) is 0 Å². The molecule has 0 heterocycles. The van der Waals surface area contributed by atoms with Crippen molar-refractivity contribution in [3.05, 3.63) is 288 Å². The van der Waals surface area contributed by atoms with Gasteiger partial charge in [-0.1, -0.05) is 266 Å². The molecule has 0 fully saturated rings. The van der Waals surface area contributed by atoms with Gasteiger partial charge in [0, 0.05) is 0 Å². The van der Waals surface area contributed by atoms with Gasteiger partial charge in [0.15, 0.2) is 16.1 Å². The van der Waals surface area contributed by atoms with E-state index in [2.05, 4.69) is 269 Å². The molecule has 2 aliphatic rings. The summed E-state index contributed by atoms with van der Waals surface area (Å²) in [4.78, 5) is 0. The highest BCUT2D eigenvalue weighted by molar-refractivity contribution is 7.20. The van der Waals surface area contributed by atoms with Crippen LogP contribution in [0.3, 0.4) is 0 Å². The third-order valence-corrected chi connectivity index (χ3v) is 24.3. The van der Waals surface area contributed by atoms with Gasteiger partial charge >= 0.3 is 0 Å². The smallest absolute Gasteiger partial charge is 0.0623 e. The Morgan fingerprint density at radius 2 is 0.492 bits per heavy atom. The third-order valence-electron chi connectivity index (χ3n) is 14.8. The Balaban J connectivity index is 1.21. The van der Waals surface area contributed by atoms with Crippen LogP contribution in [0.1, 0.15) is 33.4 Å². The molecule has 2 aliphatic carbocycles. The average Bonchev–Trinajstić information content (AvgIpc) is 3.84. The molecular formula is C63H48Si2. The van der Waals surface area contributed by atoms with E-state index in [1.54, 1.807) is 0 Å². The molecule has 0 unspecified atom stereocenters. The second-order valence-electron chi connectivity index (χ2n) is 18.1. The summed E-state index contributed by atoms with van der Waals surface area (Å²) in [5.41, 5.74) is 12.7. The van der Waals surface area contributed by atoms with Gasteiger partial charge in [0.05, 0.1) is 5.41 Å². The van der Waals surface area contributed by atoms with Gasteiger partial charge < -0.3 is 0 Å². The molecule has 0 saturated carbocycles. The molecule has 0 radical (unpaired) electrons. The van der Waals surface area contributed by atoms with Crippen molar-refractivity contribution in [2.24, 2.45) is 0 Å². The quantitative estimate of drug-likeness (QED) is 0.106. The Morgan fingerprint density at radius 3 is 0.831 bits per heavy atom. The topological polar surface area (TPSA) is 0 Å². The van der Waals surface area contributed by atoms with Crippen LogP contribution in [0.25, 0.3) is 22.3 Å². The van der Waals surface area contributed by atoms with Gasteiger partial charge in [-0.25, -0.2) is 0 Å². The van der Waals surface area contributed by atoms with E-state index in [-0.39, 0.29) is 0 Å². The number of fused-ring (bicyclic) bond motifs is 10. The van der Waals surface area contributed by atoms with Crippen molar-refractivity contribution in [3.63, 3.8) is 0 Å². The van der Waals surface area contributed by atoms with Gasteiger partial charge in [0.2, 0.25) is 0 Å². The van der Waals surface area contributed by atoms with E-state index in [0.717, 1.165) is 0 Å². The molecule has 0 atom stereocenters. The van der Waals surface area contributed by atoms with Crippen LogP contribution in [0, 0.1) is 13.8 Å². The van der Waals surface area contributed by atoms with Crippen LogP contribution < -0.4 is 41.5 Å². The highest BCUT2D eigenvalue weighted by Gasteiger charge is 2.54. The molecule has 308 valence electrons. The zero-order valence-corrected chi connectivity index (χ0v) is 38.7. The lowest BCUT2D eigenvalue weighted by Crippen LogP contribution is -2.74. The minimum atomic E-state index is -2.89. The zero-order chi connectivity index (χ0) is 43.6. The lowest BCUT2D eigenvalue weighted by Gasteiger charge is -2.37. The van der Waals surface area contributed by atoms with Crippen LogP contribution in [0.15, 0.2) is 255 Å². The molecule has 2 heteroatoms. The van der Waals surface area contributed by atoms with Gasteiger partial charge in [-0.05, 0) is 99.8 Å². The lowest BCUT2D eigenvalue weighted by molar-refractivity contribution is 0.795. The molecule has 0 bridgehead atoms. The molecule has 0 saturated heterocycles. The maximum atomic E-state index is 2.67. The van der Waals surface area contributed by atoms with Crippen LogP contribution in [-0.2, 0) is 5.41 Å². The summed E-state index contributed by atoms with van der Waals surface area (Å²) in [5.74, 6) is 0. The number of benzene rings is 10.